The van der Waals surface area contributed by atoms with Crippen molar-refractivity contribution in [1.82, 2.24) is 5.32 Å². The van der Waals surface area contributed by atoms with Gasteiger partial charge in [-0.25, -0.2) is 0 Å². The number of aryl methyl sites for hydroxylation is 3. The van der Waals surface area contributed by atoms with E-state index in [1.54, 1.807) is 0 Å². The highest BCUT2D eigenvalue weighted by atomic mass is 16.1. The van der Waals surface area contributed by atoms with Crippen molar-refractivity contribution in [2.75, 3.05) is 0 Å². The zero-order valence-corrected chi connectivity index (χ0v) is 12.5. The summed E-state index contributed by atoms with van der Waals surface area (Å²) in [6.45, 7) is 8.15. The third-order valence-electron chi connectivity index (χ3n) is 3.77. The maximum atomic E-state index is 12.3. The Kier molecular flexibility index (Phi) is 4.23. The Labute approximate surface area is 120 Å². The van der Waals surface area contributed by atoms with E-state index in [1.165, 1.54) is 11.1 Å². The molecular formula is C18H21NO. The number of nitrogens with one attached hydrogen (secondary N) is 1. The first-order valence-electron chi connectivity index (χ1n) is 6.92. The Balaban J connectivity index is 2.15. The average molecular weight is 267 g/mol. The van der Waals surface area contributed by atoms with Crippen LogP contribution in [0.2, 0.25) is 0 Å². The molecule has 0 saturated carbocycles. The lowest BCUT2D eigenvalue weighted by molar-refractivity contribution is 0.0939. The maximum absolute atomic E-state index is 12.3. The van der Waals surface area contributed by atoms with Gasteiger partial charge in [0.1, 0.15) is 0 Å². The highest BCUT2D eigenvalue weighted by Gasteiger charge is 2.13. The summed E-state index contributed by atoms with van der Waals surface area (Å²) in [6, 6.07) is 13.9. The molecule has 2 nitrogen and oxygen atoms in total. The summed E-state index contributed by atoms with van der Waals surface area (Å²) in [7, 11) is 0. The Bertz CT molecular complexity index is 631. The van der Waals surface area contributed by atoms with E-state index in [4.69, 9.17) is 0 Å². The van der Waals surface area contributed by atoms with Gasteiger partial charge < -0.3 is 5.32 Å². The third-order valence-corrected chi connectivity index (χ3v) is 3.77. The topological polar surface area (TPSA) is 29.1 Å². The highest BCUT2D eigenvalue weighted by Crippen LogP contribution is 2.18. The molecule has 0 aliphatic heterocycles. The normalized spacial score (nSPS) is 12.0. The van der Waals surface area contributed by atoms with Gasteiger partial charge in [0.05, 0.1) is 6.04 Å². The van der Waals surface area contributed by atoms with Crippen molar-refractivity contribution in [3.05, 3.63) is 70.3 Å². The molecule has 1 amide bonds. The molecule has 2 rings (SSSR count). The fourth-order valence-electron chi connectivity index (χ4n) is 2.31. The molecule has 0 aromatic heterocycles. The molecule has 2 aromatic carbocycles. The molecule has 1 unspecified atom stereocenters. The van der Waals surface area contributed by atoms with E-state index in [9.17, 15) is 4.79 Å². The standard InChI is InChI=1S/C18H21NO/c1-12-9-10-16(11-14(12)3)18(20)19-15(4)17-8-6-5-7-13(17)2/h5-11,15H,1-4H3,(H,19,20). The number of amides is 1. The van der Waals surface area contributed by atoms with Gasteiger partial charge >= 0.3 is 0 Å². The highest BCUT2D eigenvalue weighted by molar-refractivity contribution is 5.94. The number of benzene rings is 2. The van der Waals surface area contributed by atoms with E-state index >= 15 is 0 Å². The van der Waals surface area contributed by atoms with E-state index in [2.05, 4.69) is 24.4 Å². The van der Waals surface area contributed by atoms with Crippen molar-refractivity contribution >= 4 is 5.91 Å². The minimum atomic E-state index is -0.0242. The molecule has 0 bridgehead atoms. The smallest absolute Gasteiger partial charge is 0.251 e. The zero-order valence-electron chi connectivity index (χ0n) is 12.5. The summed E-state index contributed by atoms with van der Waals surface area (Å²) >= 11 is 0. The first kappa shape index (κ1) is 14.3. The van der Waals surface area contributed by atoms with Gasteiger partial charge in [-0.2, -0.15) is 0 Å². The van der Waals surface area contributed by atoms with Gasteiger partial charge in [0.2, 0.25) is 0 Å². The quantitative estimate of drug-likeness (QED) is 0.891. The fourth-order valence-corrected chi connectivity index (χ4v) is 2.31. The first-order chi connectivity index (χ1) is 9.49. The predicted octanol–water partition coefficient (Wildman–Crippen LogP) is 4.10. The monoisotopic (exact) mass is 267 g/mol. The Morgan fingerprint density at radius 2 is 1.65 bits per heavy atom. The van der Waals surface area contributed by atoms with Crippen LogP contribution in [0, 0.1) is 20.8 Å². The Morgan fingerprint density at radius 3 is 2.30 bits per heavy atom. The minimum Gasteiger partial charge on any atom is -0.346 e. The SMILES string of the molecule is Cc1ccc(C(=O)NC(C)c2ccccc2C)cc1C. The van der Waals surface area contributed by atoms with Gasteiger partial charge in [-0.1, -0.05) is 30.3 Å². The molecule has 0 aliphatic rings. The maximum Gasteiger partial charge on any atom is 0.251 e. The number of hydrogen-bond donors (Lipinski definition) is 1. The number of hydrogen-bond acceptors (Lipinski definition) is 1. The van der Waals surface area contributed by atoms with Crippen LogP contribution >= 0.6 is 0 Å². The van der Waals surface area contributed by atoms with E-state index in [1.807, 2.05) is 51.1 Å². The van der Waals surface area contributed by atoms with Crippen LogP contribution in [0.15, 0.2) is 42.5 Å². The zero-order chi connectivity index (χ0) is 14.7. The van der Waals surface area contributed by atoms with Crippen molar-refractivity contribution in [1.29, 1.82) is 0 Å². The van der Waals surface area contributed by atoms with Gasteiger partial charge in [0.25, 0.3) is 5.91 Å². The predicted molar refractivity (Wildman–Crippen MR) is 83.0 cm³/mol. The second-order valence-electron chi connectivity index (χ2n) is 5.35. The molecule has 0 spiro atoms. The van der Waals surface area contributed by atoms with Gasteiger partial charge in [-0.3, -0.25) is 4.79 Å². The lowest BCUT2D eigenvalue weighted by Crippen LogP contribution is -2.27. The Hall–Kier alpha value is -2.09. The lowest BCUT2D eigenvalue weighted by Gasteiger charge is -2.17. The fraction of sp³-hybridized carbons (Fsp3) is 0.278. The number of carbonyl (C=O) groups is 1. The molecule has 1 N–H and O–H groups in total. The number of carbonyl (C=O) groups excluding carboxylic acids is 1. The van der Waals surface area contributed by atoms with E-state index in [0.717, 1.165) is 11.1 Å². The molecule has 0 fully saturated rings. The van der Waals surface area contributed by atoms with Crippen LogP contribution in [0.5, 0.6) is 0 Å². The van der Waals surface area contributed by atoms with Crippen molar-refractivity contribution in [2.45, 2.75) is 33.7 Å². The minimum absolute atomic E-state index is 0.00492. The van der Waals surface area contributed by atoms with Crippen molar-refractivity contribution in [3.63, 3.8) is 0 Å². The summed E-state index contributed by atoms with van der Waals surface area (Å²) in [4.78, 5) is 12.3. The summed E-state index contributed by atoms with van der Waals surface area (Å²) in [5, 5.41) is 3.06. The van der Waals surface area contributed by atoms with Gasteiger partial charge in [0.15, 0.2) is 0 Å². The third kappa shape index (κ3) is 3.08. The summed E-state index contributed by atoms with van der Waals surface area (Å²) in [5.74, 6) is -0.0242. The molecular weight excluding hydrogens is 246 g/mol. The van der Waals surface area contributed by atoms with E-state index in [-0.39, 0.29) is 11.9 Å². The van der Waals surface area contributed by atoms with Gasteiger partial charge in [0, 0.05) is 5.56 Å². The largest absolute Gasteiger partial charge is 0.346 e. The van der Waals surface area contributed by atoms with Gasteiger partial charge in [-0.05, 0) is 62.1 Å². The summed E-state index contributed by atoms with van der Waals surface area (Å²) in [6.07, 6.45) is 0. The lowest BCUT2D eigenvalue weighted by atomic mass is 10.0. The van der Waals surface area contributed by atoms with Gasteiger partial charge in [-0.15, -0.1) is 0 Å². The van der Waals surface area contributed by atoms with E-state index < -0.39 is 0 Å². The van der Waals surface area contributed by atoms with Crippen LogP contribution in [0.4, 0.5) is 0 Å². The van der Waals surface area contributed by atoms with Crippen LogP contribution in [0.25, 0.3) is 0 Å². The summed E-state index contributed by atoms with van der Waals surface area (Å²) in [5.41, 5.74) is 5.41. The van der Waals surface area contributed by atoms with Crippen LogP contribution in [-0.2, 0) is 0 Å². The van der Waals surface area contributed by atoms with E-state index in [0.29, 0.717) is 5.56 Å². The second-order valence-corrected chi connectivity index (χ2v) is 5.35. The molecule has 0 radical (unpaired) electrons. The Morgan fingerprint density at radius 1 is 0.950 bits per heavy atom. The van der Waals surface area contributed by atoms with Crippen LogP contribution in [0.1, 0.15) is 45.6 Å². The average Bonchev–Trinajstić information content (AvgIpc) is 2.42. The molecule has 1 atom stereocenters. The van der Waals surface area contributed by atoms with Crippen molar-refractivity contribution < 1.29 is 4.79 Å². The molecule has 0 heterocycles. The molecule has 2 heteroatoms. The van der Waals surface area contributed by atoms with Crippen LogP contribution in [-0.4, -0.2) is 5.91 Å². The second kappa shape index (κ2) is 5.91. The van der Waals surface area contributed by atoms with Crippen LogP contribution in [0.3, 0.4) is 0 Å². The molecule has 0 aliphatic carbocycles. The number of rotatable bonds is 3. The molecule has 0 saturated heterocycles. The summed E-state index contributed by atoms with van der Waals surface area (Å²) < 4.78 is 0. The first-order valence-corrected chi connectivity index (χ1v) is 6.92. The van der Waals surface area contributed by atoms with Crippen LogP contribution < -0.4 is 5.32 Å². The molecule has 104 valence electrons. The van der Waals surface area contributed by atoms with Crippen molar-refractivity contribution in [3.8, 4) is 0 Å². The molecule has 2 aromatic rings. The molecule has 20 heavy (non-hydrogen) atoms. The van der Waals surface area contributed by atoms with Crippen molar-refractivity contribution in [2.24, 2.45) is 0 Å².